The summed E-state index contributed by atoms with van der Waals surface area (Å²) in [5.74, 6) is -0.204. The first-order valence-electron chi connectivity index (χ1n) is 6.57. The zero-order valence-electron chi connectivity index (χ0n) is 11.4. The van der Waals surface area contributed by atoms with E-state index in [4.69, 9.17) is 4.74 Å². The Bertz CT molecular complexity index is 444. The van der Waals surface area contributed by atoms with Crippen LogP contribution in [0.1, 0.15) is 24.9 Å². The first kappa shape index (κ1) is 14.2. The number of halogens is 1. The van der Waals surface area contributed by atoms with Crippen molar-refractivity contribution in [1.29, 1.82) is 0 Å². The molecule has 1 aliphatic heterocycles. The van der Waals surface area contributed by atoms with Crippen LogP contribution in [0.3, 0.4) is 0 Å². The number of benzene rings is 1. The fraction of sp³-hybridized carbons (Fsp3) is 0.533. The van der Waals surface area contributed by atoms with E-state index in [0.29, 0.717) is 25.3 Å². The molecule has 0 saturated carbocycles. The molecule has 4 heteroatoms. The summed E-state index contributed by atoms with van der Waals surface area (Å²) in [5, 5.41) is 0. The highest BCUT2D eigenvalue weighted by atomic mass is 19.1. The Hall–Kier alpha value is -1.26. The quantitative estimate of drug-likeness (QED) is 0.766. The van der Waals surface area contributed by atoms with Gasteiger partial charge in [-0.25, -0.2) is 4.39 Å². The molecule has 1 saturated heterocycles. The maximum absolute atomic E-state index is 13.8. The van der Waals surface area contributed by atoms with Crippen molar-refractivity contribution in [2.75, 3.05) is 26.8 Å². The van der Waals surface area contributed by atoms with Gasteiger partial charge in [-0.2, -0.15) is 0 Å². The van der Waals surface area contributed by atoms with Gasteiger partial charge in [0.15, 0.2) is 0 Å². The molecule has 1 heterocycles. The average molecular weight is 265 g/mol. The van der Waals surface area contributed by atoms with Gasteiger partial charge in [-0.1, -0.05) is 18.2 Å². The molecule has 1 aromatic rings. The van der Waals surface area contributed by atoms with Crippen molar-refractivity contribution >= 4 is 6.29 Å². The van der Waals surface area contributed by atoms with Gasteiger partial charge in [0.05, 0.1) is 12.0 Å². The van der Waals surface area contributed by atoms with Crippen LogP contribution >= 0.6 is 0 Å². The molecule has 0 radical (unpaired) electrons. The van der Waals surface area contributed by atoms with E-state index in [1.54, 1.807) is 12.1 Å². The van der Waals surface area contributed by atoms with Gasteiger partial charge in [-0.15, -0.1) is 0 Å². The van der Waals surface area contributed by atoms with Crippen molar-refractivity contribution in [2.24, 2.45) is 5.41 Å². The molecule has 104 valence electrons. The predicted molar refractivity (Wildman–Crippen MR) is 71.4 cm³/mol. The van der Waals surface area contributed by atoms with E-state index in [1.165, 1.54) is 6.07 Å². The lowest BCUT2D eigenvalue weighted by Crippen LogP contribution is -2.38. The molecular weight excluding hydrogens is 245 g/mol. The topological polar surface area (TPSA) is 29.5 Å². The number of ether oxygens (including phenoxy) is 1. The Morgan fingerprint density at radius 3 is 2.84 bits per heavy atom. The summed E-state index contributed by atoms with van der Waals surface area (Å²) in [6.45, 7) is 3.63. The summed E-state index contributed by atoms with van der Waals surface area (Å²) in [6.07, 6.45) is 1.73. The third kappa shape index (κ3) is 3.01. The van der Waals surface area contributed by atoms with Crippen molar-refractivity contribution in [3.63, 3.8) is 0 Å². The minimum Gasteiger partial charge on any atom is -0.380 e. The largest absolute Gasteiger partial charge is 0.380 e. The molecule has 0 bridgehead atoms. The predicted octanol–water partition coefficient (Wildman–Crippen LogP) is 2.42. The zero-order chi connectivity index (χ0) is 13.9. The van der Waals surface area contributed by atoms with Gasteiger partial charge in [0.1, 0.15) is 12.1 Å². The number of hydrogen-bond donors (Lipinski definition) is 0. The van der Waals surface area contributed by atoms with E-state index >= 15 is 0 Å². The second kappa shape index (κ2) is 5.80. The van der Waals surface area contributed by atoms with E-state index in [-0.39, 0.29) is 11.9 Å². The first-order chi connectivity index (χ1) is 9.08. The lowest BCUT2D eigenvalue weighted by Gasteiger charge is -2.32. The Labute approximate surface area is 113 Å². The standard InChI is InChI=1S/C15H20FNO2/c1-12(13-5-3-4-6-14(13)16)17(2)9-15(10-18)7-8-19-11-15/h3-6,10,12H,7-9,11H2,1-2H3. The molecule has 1 fully saturated rings. The minimum absolute atomic E-state index is 0.0707. The fourth-order valence-electron chi connectivity index (χ4n) is 2.56. The van der Waals surface area contributed by atoms with Crippen LogP contribution in [0.2, 0.25) is 0 Å². The summed E-state index contributed by atoms with van der Waals surface area (Å²) in [5.41, 5.74) is 0.221. The van der Waals surface area contributed by atoms with Gasteiger partial charge in [0, 0.05) is 24.8 Å². The van der Waals surface area contributed by atoms with Crippen molar-refractivity contribution < 1.29 is 13.9 Å². The van der Waals surface area contributed by atoms with Crippen LogP contribution in [-0.4, -0.2) is 38.0 Å². The number of aldehydes is 1. The van der Waals surface area contributed by atoms with Gasteiger partial charge in [-0.3, -0.25) is 4.90 Å². The summed E-state index contributed by atoms with van der Waals surface area (Å²) in [7, 11) is 1.92. The number of rotatable bonds is 5. The zero-order valence-corrected chi connectivity index (χ0v) is 11.4. The van der Waals surface area contributed by atoms with E-state index in [9.17, 15) is 9.18 Å². The number of hydrogen-bond acceptors (Lipinski definition) is 3. The smallest absolute Gasteiger partial charge is 0.129 e. The summed E-state index contributed by atoms with van der Waals surface area (Å²) >= 11 is 0. The van der Waals surface area contributed by atoms with E-state index in [1.807, 2.05) is 24.9 Å². The normalized spacial score (nSPS) is 24.6. The van der Waals surface area contributed by atoms with Crippen molar-refractivity contribution in [2.45, 2.75) is 19.4 Å². The third-order valence-electron chi connectivity index (χ3n) is 3.96. The van der Waals surface area contributed by atoms with Crippen LogP contribution in [0.5, 0.6) is 0 Å². The molecule has 1 aliphatic rings. The second-order valence-corrected chi connectivity index (χ2v) is 5.40. The summed E-state index contributed by atoms with van der Waals surface area (Å²) < 4.78 is 19.1. The Balaban J connectivity index is 2.09. The summed E-state index contributed by atoms with van der Waals surface area (Å²) in [6, 6.07) is 6.70. The molecule has 0 N–H and O–H groups in total. The van der Waals surface area contributed by atoms with Crippen LogP contribution in [0, 0.1) is 11.2 Å². The molecule has 2 atom stereocenters. The monoisotopic (exact) mass is 265 g/mol. The number of nitrogens with zero attached hydrogens (tertiary/aromatic N) is 1. The molecule has 19 heavy (non-hydrogen) atoms. The summed E-state index contributed by atoms with van der Waals surface area (Å²) in [4.78, 5) is 13.3. The highest BCUT2D eigenvalue weighted by Crippen LogP contribution is 2.30. The lowest BCUT2D eigenvalue weighted by molar-refractivity contribution is -0.117. The molecule has 0 spiro atoms. The van der Waals surface area contributed by atoms with Gasteiger partial charge in [0.25, 0.3) is 0 Å². The van der Waals surface area contributed by atoms with Crippen LogP contribution in [-0.2, 0) is 9.53 Å². The van der Waals surface area contributed by atoms with E-state index in [2.05, 4.69) is 0 Å². The minimum atomic E-state index is -0.436. The highest BCUT2D eigenvalue weighted by molar-refractivity contribution is 5.60. The lowest BCUT2D eigenvalue weighted by atomic mass is 9.88. The van der Waals surface area contributed by atoms with Crippen LogP contribution in [0.4, 0.5) is 4.39 Å². The van der Waals surface area contributed by atoms with Gasteiger partial charge >= 0.3 is 0 Å². The maximum Gasteiger partial charge on any atom is 0.129 e. The molecule has 2 unspecified atom stereocenters. The number of carbonyl (C=O) groups excluding carboxylic acids is 1. The van der Waals surface area contributed by atoms with Crippen molar-refractivity contribution in [3.8, 4) is 0 Å². The molecule has 0 aromatic heterocycles. The van der Waals surface area contributed by atoms with Gasteiger partial charge in [0.2, 0.25) is 0 Å². The molecule has 2 rings (SSSR count). The molecular formula is C15H20FNO2. The van der Waals surface area contributed by atoms with Gasteiger partial charge < -0.3 is 9.53 Å². The number of carbonyl (C=O) groups is 1. The average Bonchev–Trinajstić information content (AvgIpc) is 2.87. The highest BCUT2D eigenvalue weighted by Gasteiger charge is 2.36. The van der Waals surface area contributed by atoms with Crippen LogP contribution in [0.15, 0.2) is 24.3 Å². The van der Waals surface area contributed by atoms with Gasteiger partial charge in [-0.05, 0) is 26.5 Å². The molecule has 0 aliphatic carbocycles. The Kier molecular flexibility index (Phi) is 4.32. The maximum atomic E-state index is 13.8. The SMILES string of the molecule is CC(c1ccccc1F)N(C)CC1(C=O)CCOC1. The van der Waals surface area contributed by atoms with Crippen LogP contribution in [0.25, 0.3) is 0 Å². The first-order valence-corrected chi connectivity index (χ1v) is 6.57. The van der Waals surface area contributed by atoms with Crippen LogP contribution < -0.4 is 0 Å². The fourth-order valence-corrected chi connectivity index (χ4v) is 2.56. The second-order valence-electron chi connectivity index (χ2n) is 5.40. The van der Waals surface area contributed by atoms with E-state index in [0.717, 1.165) is 12.7 Å². The van der Waals surface area contributed by atoms with E-state index < -0.39 is 5.41 Å². The van der Waals surface area contributed by atoms with Crippen molar-refractivity contribution in [3.05, 3.63) is 35.6 Å². The van der Waals surface area contributed by atoms with Crippen molar-refractivity contribution in [1.82, 2.24) is 4.90 Å². The molecule has 0 amide bonds. The third-order valence-corrected chi connectivity index (χ3v) is 3.96. The Morgan fingerprint density at radius 2 is 2.26 bits per heavy atom. The Morgan fingerprint density at radius 1 is 1.53 bits per heavy atom. The molecule has 1 aromatic carbocycles. The molecule has 3 nitrogen and oxygen atoms in total.